The molecule has 0 aliphatic rings. The van der Waals surface area contributed by atoms with Crippen molar-refractivity contribution in [3.63, 3.8) is 0 Å². The van der Waals surface area contributed by atoms with Crippen LogP contribution in [0.4, 0.5) is 0 Å². The van der Waals surface area contributed by atoms with Crippen molar-refractivity contribution in [2.24, 2.45) is 0 Å². The van der Waals surface area contributed by atoms with Gasteiger partial charge >= 0.3 is 0 Å². The molecular weight excluding hydrogens is 164 g/mol. The van der Waals surface area contributed by atoms with Crippen molar-refractivity contribution in [1.82, 2.24) is 0 Å². The van der Waals surface area contributed by atoms with Crippen LogP contribution in [0.15, 0.2) is 24.3 Å². The van der Waals surface area contributed by atoms with Crippen molar-refractivity contribution in [2.75, 3.05) is 7.11 Å². The number of hydrogen-bond acceptors (Lipinski definition) is 2. The van der Waals surface area contributed by atoms with E-state index in [1.807, 2.05) is 18.2 Å². The number of rotatable bonds is 3. The molecule has 0 bridgehead atoms. The van der Waals surface area contributed by atoms with Crippen molar-refractivity contribution in [1.29, 1.82) is 0 Å². The lowest BCUT2D eigenvalue weighted by atomic mass is 10.0. The minimum absolute atomic E-state index is 0.476. The molecule has 0 radical (unpaired) electrons. The Balaban J connectivity index is 2.91. The predicted molar refractivity (Wildman–Crippen MR) is 52.5 cm³/mol. The van der Waals surface area contributed by atoms with Gasteiger partial charge in [-0.1, -0.05) is 38.1 Å². The largest absolute Gasteiger partial charge is 0.364 e. The summed E-state index contributed by atoms with van der Waals surface area (Å²) in [5, 5.41) is 9.41. The minimum Gasteiger partial charge on any atom is -0.364 e. The molecule has 1 aromatic rings. The number of aliphatic hydroxyl groups is 1. The van der Waals surface area contributed by atoms with Crippen LogP contribution < -0.4 is 0 Å². The molecule has 1 rings (SSSR count). The molecule has 1 unspecified atom stereocenters. The van der Waals surface area contributed by atoms with Crippen LogP contribution in [0.2, 0.25) is 0 Å². The van der Waals surface area contributed by atoms with Crippen LogP contribution >= 0.6 is 0 Å². The molecule has 1 N–H and O–H groups in total. The molecule has 0 amide bonds. The zero-order valence-electron chi connectivity index (χ0n) is 8.32. The lowest BCUT2D eigenvalue weighted by Gasteiger charge is -2.11. The summed E-state index contributed by atoms with van der Waals surface area (Å²) < 4.78 is 4.83. The number of aliphatic hydroxyl groups excluding tert-OH is 1. The fourth-order valence-corrected chi connectivity index (χ4v) is 1.21. The molecule has 2 nitrogen and oxygen atoms in total. The van der Waals surface area contributed by atoms with E-state index < -0.39 is 6.29 Å². The number of hydrogen-bond donors (Lipinski definition) is 1. The maximum absolute atomic E-state index is 9.41. The lowest BCUT2D eigenvalue weighted by molar-refractivity contribution is -0.0769. The van der Waals surface area contributed by atoms with Gasteiger partial charge in [0.2, 0.25) is 0 Å². The fraction of sp³-hybridized carbons (Fsp3) is 0.455. The van der Waals surface area contributed by atoms with Gasteiger partial charge in [0.15, 0.2) is 6.29 Å². The molecule has 13 heavy (non-hydrogen) atoms. The second kappa shape index (κ2) is 4.40. The van der Waals surface area contributed by atoms with E-state index in [4.69, 9.17) is 4.74 Å². The van der Waals surface area contributed by atoms with Crippen LogP contribution in [0.25, 0.3) is 0 Å². The zero-order chi connectivity index (χ0) is 9.84. The summed E-state index contributed by atoms with van der Waals surface area (Å²) in [6.45, 7) is 4.25. The Morgan fingerprint density at radius 2 is 1.85 bits per heavy atom. The van der Waals surface area contributed by atoms with Gasteiger partial charge in [-0.3, -0.25) is 0 Å². The number of benzene rings is 1. The summed E-state index contributed by atoms with van der Waals surface area (Å²) in [6.07, 6.45) is -0.807. The Morgan fingerprint density at radius 1 is 1.23 bits per heavy atom. The van der Waals surface area contributed by atoms with Gasteiger partial charge in [0, 0.05) is 12.7 Å². The van der Waals surface area contributed by atoms with Gasteiger partial charge < -0.3 is 9.84 Å². The minimum atomic E-state index is -0.807. The molecule has 0 aromatic heterocycles. The number of methoxy groups -OCH3 is 1. The maximum Gasteiger partial charge on any atom is 0.180 e. The van der Waals surface area contributed by atoms with Gasteiger partial charge in [-0.05, 0) is 11.5 Å². The van der Waals surface area contributed by atoms with E-state index in [9.17, 15) is 5.11 Å². The number of ether oxygens (including phenoxy) is 1. The predicted octanol–water partition coefficient (Wildman–Crippen LogP) is 2.45. The van der Waals surface area contributed by atoms with E-state index in [0.29, 0.717) is 5.92 Å². The van der Waals surface area contributed by atoms with E-state index in [-0.39, 0.29) is 0 Å². The van der Waals surface area contributed by atoms with E-state index in [0.717, 1.165) is 5.56 Å². The second-order valence-electron chi connectivity index (χ2n) is 3.41. The summed E-state index contributed by atoms with van der Waals surface area (Å²) in [6, 6.07) is 7.82. The van der Waals surface area contributed by atoms with Crippen LogP contribution in [-0.4, -0.2) is 12.2 Å². The molecule has 1 aromatic carbocycles. The van der Waals surface area contributed by atoms with Crippen LogP contribution in [0.5, 0.6) is 0 Å². The first-order chi connectivity index (χ1) is 6.15. The first-order valence-electron chi connectivity index (χ1n) is 4.46. The third-order valence-electron chi connectivity index (χ3n) is 2.09. The average molecular weight is 180 g/mol. The smallest absolute Gasteiger partial charge is 0.180 e. The highest BCUT2D eigenvalue weighted by molar-refractivity contribution is 5.26. The Hall–Kier alpha value is -0.860. The Morgan fingerprint density at radius 3 is 2.38 bits per heavy atom. The summed E-state index contributed by atoms with van der Waals surface area (Å²) >= 11 is 0. The summed E-state index contributed by atoms with van der Waals surface area (Å²) in [5.74, 6) is 0.476. The summed E-state index contributed by atoms with van der Waals surface area (Å²) in [4.78, 5) is 0. The molecule has 0 spiro atoms. The standard InChI is InChI=1S/C11H16O2/c1-8(2)9-5-4-6-10(7-9)11(12)13-3/h4-8,11-12H,1-3H3. The molecule has 1 atom stereocenters. The molecule has 0 heterocycles. The fourth-order valence-electron chi connectivity index (χ4n) is 1.21. The van der Waals surface area contributed by atoms with Crippen LogP contribution in [0.1, 0.15) is 37.2 Å². The Bertz CT molecular complexity index is 269. The van der Waals surface area contributed by atoms with Gasteiger partial charge in [0.1, 0.15) is 0 Å². The molecule has 0 aliphatic carbocycles. The highest BCUT2D eigenvalue weighted by Crippen LogP contribution is 2.19. The molecule has 2 heteroatoms. The van der Waals surface area contributed by atoms with Crippen molar-refractivity contribution in [2.45, 2.75) is 26.1 Å². The van der Waals surface area contributed by atoms with Gasteiger partial charge in [-0.15, -0.1) is 0 Å². The van der Waals surface area contributed by atoms with Crippen molar-refractivity contribution in [3.05, 3.63) is 35.4 Å². The highest BCUT2D eigenvalue weighted by Gasteiger charge is 2.06. The normalized spacial score (nSPS) is 13.3. The molecule has 0 fully saturated rings. The van der Waals surface area contributed by atoms with Gasteiger partial charge in [0.25, 0.3) is 0 Å². The zero-order valence-corrected chi connectivity index (χ0v) is 8.32. The first-order valence-corrected chi connectivity index (χ1v) is 4.46. The van der Waals surface area contributed by atoms with Crippen molar-refractivity contribution < 1.29 is 9.84 Å². The topological polar surface area (TPSA) is 29.5 Å². The molecule has 0 saturated carbocycles. The van der Waals surface area contributed by atoms with Crippen LogP contribution in [-0.2, 0) is 4.74 Å². The third kappa shape index (κ3) is 2.54. The summed E-state index contributed by atoms with van der Waals surface area (Å²) in [7, 11) is 1.49. The second-order valence-corrected chi connectivity index (χ2v) is 3.41. The van der Waals surface area contributed by atoms with E-state index in [2.05, 4.69) is 19.9 Å². The van der Waals surface area contributed by atoms with Crippen molar-refractivity contribution >= 4 is 0 Å². The van der Waals surface area contributed by atoms with E-state index in [1.54, 1.807) is 0 Å². The van der Waals surface area contributed by atoms with Crippen LogP contribution in [0.3, 0.4) is 0 Å². The third-order valence-corrected chi connectivity index (χ3v) is 2.09. The highest BCUT2D eigenvalue weighted by atomic mass is 16.6. The average Bonchev–Trinajstić information content (AvgIpc) is 2.17. The van der Waals surface area contributed by atoms with Gasteiger partial charge in [-0.2, -0.15) is 0 Å². The first kappa shape index (κ1) is 10.2. The molecule has 0 aliphatic heterocycles. The SMILES string of the molecule is COC(O)c1cccc(C(C)C)c1. The van der Waals surface area contributed by atoms with Gasteiger partial charge in [-0.25, -0.2) is 0 Å². The Kier molecular flexibility index (Phi) is 3.46. The maximum atomic E-state index is 9.41. The summed E-state index contributed by atoms with van der Waals surface area (Å²) in [5.41, 5.74) is 2.03. The molecule has 0 saturated heterocycles. The van der Waals surface area contributed by atoms with Gasteiger partial charge in [0.05, 0.1) is 0 Å². The Labute approximate surface area is 79.2 Å². The quantitative estimate of drug-likeness (QED) is 0.724. The van der Waals surface area contributed by atoms with Crippen molar-refractivity contribution in [3.8, 4) is 0 Å². The van der Waals surface area contributed by atoms with Crippen LogP contribution in [0, 0.1) is 0 Å². The van der Waals surface area contributed by atoms with E-state index >= 15 is 0 Å². The molecule has 72 valence electrons. The van der Waals surface area contributed by atoms with E-state index in [1.165, 1.54) is 12.7 Å². The lowest BCUT2D eigenvalue weighted by Crippen LogP contribution is -2.00. The monoisotopic (exact) mass is 180 g/mol. The molecular formula is C11H16O2.